The summed E-state index contributed by atoms with van der Waals surface area (Å²) in [5.74, 6) is 0. The fourth-order valence-corrected chi connectivity index (χ4v) is 16.1. The van der Waals surface area contributed by atoms with Gasteiger partial charge >= 0.3 is 0 Å². The molecule has 0 bridgehead atoms. The summed E-state index contributed by atoms with van der Waals surface area (Å²) >= 11 is 0. The van der Waals surface area contributed by atoms with Gasteiger partial charge in [-0.25, -0.2) is 0 Å². The van der Waals surface area contributed by atoms with E-state index in [-0.39, 0.29) is 0 Å². The summed E-state index contributed by atoms with van der Waals surface area (Å²) in [6.45, 7) is 46.8. The lowest BCUT2D eigenvalue weighted by molar-refractivity contribution is 1.38. The molecule has 20 aromatic carbocycles. The first kappa shape index (κ1) is 103. The molecule has 0 aliphatic rings. The van der Waals surface area contributed by atoms with Crippen molar-refractivity contribution in [2.75, 3.05) is 0 Å². The van der Waals surface area contributed by atoms with Crippen molar-refractivity contribution < 1.29 is 0 Å². The average Bonchev–Trinajstić information content (AvgIpc) is 0.828. The molecule has 684 valence electrons. The maximum absolute atomic E-state index is 2.24. The van der Waals surface area contributed by atoms with Crippen LogP contribution in [0, 0.1) is 152 Å². The second-order valence-corrected chi connectivity index (χ2v) is 36.5. The molecule has 0 amide bonds. The lowest BCUT2D eigenvalue weighted by atomic mass is 9.99. The van der Waals surface area contributed by atoms with Crippen molar-refractivity contribution in [2.45, 2.75) is 152 Å². The van der Waals surface area contributed by atoms with E-state index in [1.807, 2.05) is 12.1 Å². The molecule has 20 aromatic rings. The second kappa shape index (κ2) is 53.2. The predicted molar refractivity (Wildman–Crippen MR) is 600 cm³/mol. The summed E-state index contributed by atoms with van der Waals surface area (Å²) in [5, 5.41) is 8.16. The van der Waals surface area contributed by atoms with Gasteiger partial charge in [0.2, 0.25) is 0 Å². The van der Waals surface area contributed by atoms with Crippen molar-refractivity contribution in [3.63, 3.8) is 0 Å². The summed E-state index contributed by atoms with van der Waals surface area (Å²) < 4.78 is 0. The minimum Gasteiger partial charge on any atom is -0.0622 e. The Hall–Kier alpha value is -14.8. The first-order valence-corrected chi connectivity index (χ1v) is 47.7. The van der Waals surface area contributed by atoms with Crippen molar-refractivity contribution in [1.29, 1.82) is 0 Å². The third-order valence-electron chi connectivity index (χ3n) is 23.7. The molecule has 0 heteroatoms. The topological polar surface area (TPSA) is 0 Å². The third kappa shape index (κ3) is 34.0. The normalized spacial score (nSPS) is 10.1. The van der Waals surface area contributed by atoms with E-state index >= 15 is 0 Å². The van der Waals surface area contributed by atoms with Crippen LogP contribution in [0.15, 0.2) is 449 Å². The zero-order chi connectivity index (χ0) is 97.4. The Balaban J connectivity index is 0.000000155. The van der Waals surface area contributed by atoms with Gasteiger partial charge in [0, 0.05) is 0 Å². The van der Waals surface area contributed by atoms with E-state index in [4.69, 9.17) is 0 Å². The van der Waals surface area contributed by atoms with Crippen molar-refractivity contribution in [3.8, 4) is 66.8 Å². The number of aryl methyl sites for hydroxylation is 22. The average molecular weight is 1770 g/mol. The van der Waals surface area contributed by atoms with E-state index in [9.17, 15) is 0 Å². The number of rotatable bonds is 6. The van der Waals surface area contributed by atoms with Crippen LogP contribution in [-0.4, -0.2) is 0 Å². The third-order valence-corrected chi connectivity index (χ3v) is 23.7. The summed E-state index contributed by atoms with van der Waals surface area (Å²) in [6.07, 6.45) is 0. The first-order valence-electron chi connectivity index (χ1n) is 47.7. The van der Waals surface area contributed by atoms with Gasteiger partial charge in [0.25, 0.3) is 0 Å². The van der Waals surface area contributed by atoms with Crippen LogP contribution < -0.4 is 0 Å². The molecule has 0 atom stereocenters. The van der Waals surface area contributed by atoms with Crippen molar-refractivity contribution in [3.05, 3.63) is 571 Å². The van der Waals surface area contributed by atoms with Gasteiger partial charge < -0.3 is 0 Å². The highest BCUT2D eigenvalue weighted by atomic mass is 14.1. The summed E-state index contributed by atoms with van der Waals surface area (Å²) in [4.78, 5) is 0. The second-order valence-electron chi connectivity index (χ2n) is 36.5. The molecular formula is C136H140. The van der Waals surface area contributed by atoms with Crippen LogP contribution in [0.25, 0.3) is 99.1 Å². The fourth-order valence-electron chi connectivity index (χ4n) is 16.1. The molecule has 136 heavy (non-hydrogen) atoms. The van der Waals surface area contributed by atoms with Gasteiger partial charge in [0.1, 0.15) is 0 Å². The van der Waals surface area contributed by atoms with Crippen LogP contribution in [0.1, 0.15) is 122 Å². The Morgan fingerprint density at radius 3 is 0.787 bits per heavy atom. The van der Waals surface area contributed by atoms with Gasteiger partial charge in [0.15, 0.2) is 0 Å². The highest BCUT2D eigenvalue weighted by Gasteiger charge is 2.07. The molecule has 0 fully saturated rings. The smallest absolute Gasteiger partial charge is 0.0152 e. The monoisotopic (exact) mass is 1770 g/mol. The lowest BCUT2D eigenvalue weighted by Gasteiger charge is -2.06. The zero-order valence-electron chi connectivity index (χ0n) is 84.7. The molecule has 20 rings (SSSR count). The van der Waals surface area contributed by atoms with Crippen molar-refractivity contribution >= 4 is 32.3 Å². The van der Waals surface area contributed by atoms with Gasteiger partial charge in [-0.15, -0.1) is 0 Å². The van der Waals surface area contributed by atoms with Crippen LogP contribution in [0.4, 0.5) is 0 Å². The molecule has 0 heterocycles. The minimum absolute atomic E-state index is 1.29. The highest BCUT2D eigenvalue weighted by molar-refractivity contribution is 5.89. The molecule has 0 aliphatic heterocycles. The van der Waals surface area contributed by atoms with Crippen LogP contribution in [0.5, 0.6) is 0 Å². The van der Waals surface area contributed by atoms with E-state index < -0.39 is 0 Å². The SMILES string of the molecule is Cc1cc(C)cc(-c2ccccc2)c1.Cc1ccc(-c2ccc(C)cc2)cc1.Cc1ccc(-c2cccc(C)c2)cc1.Cc1ccc(-c2ccccc2)c(C)c1.Cc1ccc(C)c(-c2ccccc2)c1.Cc1ccc(C)cc1.Cc1ccc2c(C)cccc2c1.Cc1ccc2cccc(C)c2c1.Cc1cccc(-c2cccc(C)c2)c1.Cc1cccc(C)c1.Cc1cccc2c(C)cccc12. The van der Waals surface area contributed by atoms with Crippen molar-refractivity contribution in [1.82, 2.24) is 0 Å². The Kier molecular flexibility index (Phi) is 40.4. The molecule has 0 nitrogen and oxygen atoms in total. The number of benzene rings is 20. The molecular weight excluding hydrogens is 1630 g/mol. The summed E-state index contributed by atoms with van der Waals surface area (Å²) in [6, 6.07) is 159. The Morgan fingerprint density at radius 2 is 0.368 bits per heavy atom. The summed E-state index contributed by atoms with van der Waals surface area (Å²) in [7, 11) is 0. The molecule has 0 aliphatic carbocycles. The maximum atomic E-state index is 2.24. The molecule has 0 saturated carbocycles. The van der Waals surface area contributed by atoms with E-state index in [0.717, 1.165) is 0 Å². The van der Waals surface area contributed by atoms with Crippen LogP contribution in [-0.2, 0) is 0 Å². The standard InChI is InChI=1S/6C14H14.3C12H12.2C8H10/c1-11-3-7-13(8-4-11)14-9-5-12(2)6-10-14;1-11-5-3-7-13(9-11)14-8-4-6-12(2)10-14;1-11-6-8-13(9-7-11)14-5-3-4-12(2)10-14;1-11-8-12(2)10-14(9-11)13-6-4-3-5-7-13;1-11-8-9-14(12(2)10-11)13-6-4-3-5-7-13;1-11-8-9-12(2)14(10-11)13-6-4-3-5-7-13;1-9-5-3-8-12-10(2)6-4-7-11(9)12;1-9-6-7-12-10(2)4-3-5-11(12)8-9;1-9-6-7-11-5-3-4-10(2)12(11)8-9;1-7-3-5-8(2)6-4-7;1-7-4-3-5-8(2)6-7/h6*3-10H,1-2H3;3*3-8H,1-2H3;2*3-6H,1-2H3. The molecule has 0 saturated heterocycles. The van der Waals surface area contributed by atoms with E-state index in [1.165, 1.54) is 221 Å². The largest absolute Gasteiger partial charge is 0.0622 e. The lowest BCUT2D eigenvalue weighted by Crippen LogP contribution is -1.83. The van der Waals surface area contributed by atoms with Crippen LogP contribution in [0.3, 0.4) is 0 Å². The minimum atomic E-state index is 1.29. The van der Waals surface area contributed by atoms with Gasteiger partial charge in [-0.2, -0.15) is 0 Å². The fraction of sp³-hybridized carbons (Fsp3) is 0.162. The highest BCUT2D eigenvalue weighted by Crippen LogP contribution is 2.30. The van der Waals surface area contributed by atoms with E-state index in [0.29, 0.717) is 0 Å². The molecule has 0 radical (unpaired) electrons. The quantitative estimate of drug-likeness (QED) is 0.156. The number of hydrogen-bond acceptors (Lipinski definition) is 0. The van der Waals surface area contributed by atoms with Gasteiger partial charge in [-0.3, -0.25) is 0 Å². The molecule has 0 aromatic heterocycles. The zero-order valence-corrected chi connectivity index (χ0v) is 84.7. The van der Waals surface area contributed by atoms with Crippen LogP contribution in [0.2, 0.25) is 0 Å². The first-order chi connectivity index (χ1) is 65.5. The molecule has 0 spiro atoms. The molecule has 0 N–H and O–H groups in total. The number of fused-ring (bicyclic) bond motifs is 3. The van der Waals surface area contributed by atoms with Gasteiger partial charge in [-0.1, -0.05) is 538 Å². The molecule has 0 unspecified atom stereocenters. The van der Waals surface area contributed by atoms with Crippen LogP contribution >= 0.6 is 0 Å². The summed E-state index contributed by atoms with van der Waals surface area (Å²) in [5.41, 5.74) is 44.9. The maximum Gasteiger partial charge on any atom is -0.0152 e. The van der Waals surface area contributed by atoms with Gasteiger partial charge in [-0.05, 0) is 285 Å². The van der Waals surface area contributed by atoms with E-state index in [2.05, 4.69) is 589 Å². The Labute approximate surface area is 816 Å². The number of hydrogen-bond donors (Lipinski definition) is 0. The van der Waals surface area contributed by atoms with Gasteiger partial charge in [0.05, 0.1) is 0 Å². The Bertz CT molecular complexity index is 6870. The van der Waals surface area contributed by atoms with Crippen molar-refractivity contribution in [2.24, 2.45) is 0 Å². The predicted octanol–water partition coefficient (Wildman–Crippen LogP) is 38.8. The van der Waals surface area contributed by atoms with E-state index in [1.54, 1.807) is 0 Å². The Morgan fingerprint density at radius 1 is 0.0956 bits per heavy atom.